The molecular formula is C9H9I3O. The van der Waals surface area contributed by atoms with E-state index in [1.54, 1.807) is 0 Å². The van der Waals surface area contributed by atoms with E-state index in [0.717, 1.165) is 11.6 Å². The molecule has 0 bridgehead atoms. The molecule has 1 nitrogen and oxygen atoms in total. The quantitative estimate of drug-likeness (QED) is 0.466. The predicted octanol–water partition coefficient (Wildman–Crippen LogP) is 4.14. The summed E-state index contributed by atoms with van der Waals surface area (Å²) in [5.41, 5.74) is 1.31. The van der Waals surface area contributed by atoms with Gasteiger partial charge in [-0.05, 0) is 68.8 Å². The van der Waals surface area contributed by atoms with E-state index in [0.29, 0.717) is 11.7 Å². The summed E-state index contributed by atoms with van der Waals surface area (Å²) in [4.78, 5) is 0. The molecule has 0 aliphatic rings. The first-order chi connectivity index (χ1) is 6.06. The van der Waals surface area contributed by atoms with Gasteiger partial charge in [-0.25, -0.2) is 0 Å². The molecule has 1 aromatic rings. The first-order valence-corrected chi connectivity index (χ1v) is 7.48. The van der Waals surface area contributed by atoms with E-state index < -0.39 is 0 Å². The normalized spacial score (nSPS) is 12.9. The molecule has 0 saturated carbocycles. The van der Waals surface area contributed by atoms with Crippen molar-refractivity contribution < 1.29 is 5.11 Å². The molecule has 4 heteroatoms. The van der Waals surface area contributed by atoms with Gasteiger partial charge in [-0.15, -0.1) is 0 Å². The van der Waals surface area contributed by atoms with Gasteiger partial charge in [-0.3, -0.25) is 0 Å². The lowest BCUT2D eigenvalue weighted by Gasteiger charge is -2.10. The molecule has 0 fully saturated rings. The first kappa shape index (κ1) is 12.3. The van der Waals surface area contributed by atoms with Crippen molar-refractivity contribution in [2.45, 2.75) is 12.8 Å². The Morgan fingerprint density at radius 1 is 1.31 bits per heavy atom. The number of hydrogen-bond acceptors (Lipinski definition) is 1. The van der Waals surface area contributed by atoms with Crippen LogP contribution >= 0.6 is 67.8 Å². The van der Waals surface area contributed by atoms with Gasteiger partial charge in [0.2, 0.25) is 0 Å². The Bertz CT molecular complexity index is 289. The fourth-order valence-electron chi connectivity index (χ4n) is 0.959. The second-order valence-corrected chi connectivity index (χ2v) is 6.09. The molecule has 0 saturated heterocycles. The van der Waals surface area contributed by atoms with Crippen LogP contribution in [0.25, 0.3) is 0 Å². The van der Waals surface area contributed by atoms with Crippen molar-refractivity contribution in [1.82, 2.24) is 0 Å². The van der Waals surface area contributed by atoms with Crippen molar-refractivity contribution in [1.29, 1.82) is 0 Å². The fourth-order valence-corrected chi connectivity index (χ4v) is 3.28. The predicted molar refractivity (Wildman–Crippen MR) is 80.8 cm³/mol. The van der Waals surface area contributed by atoms with E-state index in [2.05, 4.69) is 86.8 Å². The summed E-state index contributed by atoms with van der Waals surface area (Å²) in [5.74, 6) is 0.967. The number of rotatable bonds is 2. The van der Waals surface area contributed by atoms with Crippen molar-refractivity contribution in [2.24, 2.45) is 0 Å². The van der Waals surface area contributed by atoms with E-state index in [-0.39, 0.29) is 0 Å². The molecule has 0 radical (unpaired) electrons. The highest BCUT2D eigenvalue weighted by atomic mass is 127. The Kier molecular flexibility index (Phi) is 5.04. The third-order valence-electron chi connectivity index (χ3n) is 1.84. The molecule has 1 rings (SSSR count). The summed E-state index contributed by atoms with van der Waals surface area (Å²) in [7, 11) is 0. The Balaban J connectivity index is 3.13. The molecule has 13 heavy (non-hydrogen) atoms. The zero-order valence-corrected chi connectivity index (χ0v) is 13.5. The van der Waals surface area contributed by atoms with Gasteiger partial charge in [0.05, 0.1) is 7.14 Å². The van der Waals surface area contributed by atoms with Crippen LogP contribution in [-0.2, 0) is 0 Å². The monoisotopic (exact) mass is 514 g/mol. The average Bonchev–Trinajstić information content (AvgIpc) is 2.12. The molecule has 0 aliphatic heterocycles. The summed E-state index contributed by atoms with van der Waals surface area (Å²) in [5, 5.41) is 9.57. The Morgan fingerprint density at radius 3 is 2.15 bits per heavy atom. The van der Waals surface area contributed by atoms with Gasteiger partial charge in [-0.2, -0.15) is 0 Å². The molecule has 0 aliphatic carbocycles. The highest BCUT2D eigenvalue weighted by molar-refractivity contribution is 14.1. The SMILES string of the molecule is CC(CI)c1cc(I)c(O)c(I)c1. The smallest absolute Gasteiger partial charge is 0.142 e. The molecular weight excluding hydrogens is 505 g/mol. The van der Waals surface area contributed by atoms with E-state index in [1.807, 2.05) is 0 Å². The lowest BCUT2D eigenvalue weighted by atomic mass is 10.0. The second-order valence-electron chi connectivity index (χ2n) is 2.89. The number of phenolic OH excluding ortho intramolecular Hbond substituents is 1. The second kappa shape index (κ2) is 5.34. The Labute approximate surface area is 119 Å². The molecule has 1 unspecified atom stereocenters. The average molecular weight is 514 g/mol. The topological polar surface area (TPSA) is 20.2 Å². The van der Waals surface area contributed by atoms with E-state index in [4.69, 9.17) is 0 Å². The van der Waals surface area contributed by atoms with Crippen molar-refractivity contribution >= 4 is 67.8 Å². The third kappa shape index (κ3) is 3.08. The van der Waals surface area contributed by atoms with Crippen molar-refractivity contribution in [3.8, 4) is 5.75 Å². The number of phenols is 1. The maximum atomic E-state index is 9.57. The Hall–Kier alpha value is 1.21. The van der Waals surface area contributed by atoms with Crippen LogP contribution in [0.15, 0.2) is 12.1 Å². The van der Waals surface area contributed by atoms with Crippen LogP contribution in [0.5, 0.6) is 5.75 Å². The van der Waals surface area contributed by atoms with E-state index in [1.165, 1.54) is 5.56 Å². The zero-order chi connectivity index (χ0) is 10.0. The largest absolute Gasteiger partial charge is 0.506 e. The number of benzene rings is 1. The highest BCUT2D eigenvalue weighted by Crippen LogP contribution is 2.30. The maximum absolute atomic E-state index is 9.57. The molecule has 0 aromatic heterocycles. The standard InChI is InChI=1S/C9H9I3O/c1-5(4-10)6-2-7(11)9(13)8(12)3-6/h2-3,5,13H,4H2,1H3. The maximum Gasteiger partial charge on any atom is 0.142 e. The van der Waals surface area contributed by atoms with Gasteiger partial charge in [0, 0.05) is 4.43 Å². The highest BCUT2D eigenvalue weighted by Gasteiger charge is 2.09. The van der Waals surface area contributed by atoms with Crippen LogP contribution in [0.2, 0.25) is 0 Å². The van der Waals surface area contributed by atoms with Gasteiger partial charge >= 0.3 is 0 Å². The van der Waals surface area contributed by atoms with Crippen molar-refractivity contribution in [3.63, 3.8) is 0 Å². The van der Waals surface area contributed by atoms with Crippen molar-refractivity contribution in [2.75, 3.05) is 4.43 Å². The molecule has 0 heterocycles. The van der Waals surface area contributed by atoms with Crippen LogP contribution in [0.3, 0.4) is 0 Å². The summed E-state index contributed by atoms with van der Waals surface area (Å²) < 4.78 is 2.99. The van der Waals surface area contributed by atoms with Gasteiger partial charge in [-0.1, -0.05) is 29.5 Å². The number of alkyl halides is 1. The summed E-state index contributed by atoms with van der Waals surface area (Å²) in [6.45, 7) is 2.20. The van der Waals surface area contributed by atoms with Crippen LogP contribution in [0, 0.1) is 7.14 Å². The first-order valence-electron chi connectivity index (χ1n) is 3.80. The molecule has 0 amide bonds. The minimum atomic E-state index is 0.408. The number of halogens is 3. The summed E-state index contributed by atoms with van der Waals surface area (Å²) in [6.07, 6.45) is 0. The van der Waals surface area contributed by atoms with Gasteiger partial charge in [0.25, 0.3) is 0 Å². The molecule has 1 atom stereocenters. The summed E-state index contributed by atoms with van der Waals surface area (Å²) in [6, 6.07) is 4.11. The molecule has 72 valence electrons. The molecule has 1 N–H and O–H groups in total. The van der Waals surface area contributed by atoms with Crippen LogP contribution in [0.1, 0.15) is 18.4 Å². The lowest BCUT2D eigenvalue weighted by Crippen LogP contribution is -1.96. The minimum absolute atomic E-state index is 0.408. The van der Waals surface area contributed by atoms with Gasteiger partial charge in [0.1, 0.15) is 5.75 Å². The van der Waals surface area contributed by atoms with Crippen LogP contribution < -0.4 is 0 Å². The van der Waals surface area contributed by atoms with Crippen molar-refractivity contribution in [3.05, 3.63) is 24.8 Å². The third-order valence-corrected chi connectivity index (χ3v) is 4.81. The van der Waals surface area contributed by atoms with Gasteiger partial charge < -0.3 is 5.11 Å². The molecule has 1 aromatic carbocycles. The minimum Gasteiger partial charge on any atom is -0.506 e. The Morgan fingerprint density at radius 2 is 1.77 bits per heavy atom. The number of hydrogen-bond donors (Lipinski definition) is 1. The van der Waals surface area contributed by atoms with E-state index >= 15 is 0 Å². The fraction of sp³-hybridized carbons (Fsp3) is 0.333. The van der Waals surface area contributed by atoms with E-state index in [9.17, 15) is 5.11 Å². The molecule has 0 spiro atoms. The number of aromatic hydroxyl groups is 1. The van der Waals surface area contributed by atoms with Crippen LogP contribution in [-0.4, -0.2) is 9.53 Å². The van der Waals surface area contributed by atoms with Crippen LogP contribution in [0.4, 0.5) is 0 Å². The summed E-state index contributed by atoms with van der Waals surface area (Å²) >= 11 is 6.72. The van der Waals surface area contributed by atoms with Gasteiger partial charge in [0.15, 0.2) is 0 Å². The lowest BCUT2D eigenvalue weighted by molar-refractivity contribution is 0.467. The zero-order valence-electron chi connectivity index (χ0n) is 7.02.